The van der Waals surface area contributed by atoms with Crippen molar-refractivity contribution in [2.45, 2.75) is 57.5 Å². The average molecular weight is 254 g/mol. The molecule has 1 heterocycles. The van der Waals surface area contributed by atoms with E-state index >= 15 is 0 Å². The van der Waals surface area contributed by atoms with Crippen LogP contribution >= 0.6 is 0 Å². The van der Waals surface area contributed by atoms with Gasteiger partial charge in [-0.3, -0.25) is 4.90 Å². The number of methoxy groups -OCH3 is 1. The molecule has 2 aliphatic rings. The van der Waals surface area contributed by atoms with E-state index in [9.17, 15) is 0 Å². The molecule has 0 spiro atoms. The molecule has 0 amide bonds. The maximum atomic E-state index is 5.16. The summed E-state index contributed by atoms with van der Waals surface area (Å²) in [4.78, 5) is 2.75. The first-order chi connectivity index (χ1) is 8.81. The lowest BCUT2D eigenvalue weighted by molar-refractivity contribution is 0.0604. The second kappa shape index (κ2) is 7.46. The standard InChI is InChI=1S/C15H30N2O/c1-13(12-18-2)16-9-11-17-10-5-7-14-6-3-4-8-15(14)17/h13-16H,3-12H2,1-2H3. The van der Waals surface area contributed by atoms with Gasteiger partial charge in [-0.1, -0.05) is 12.8 Å². The van der Waals surface area contributed by atoms with E-state index in [0.717, 1.165) is 25.1 Å². The third-order valence-electron chi connectivity index (χ3n) is 4.67. The Bertz CT molecular complexity index is 233. The van der Waals surface area contributed by atoms with Crippen LogP contribution < -0.4 is 5.32 Å². The van der Waals surface area contributed by atoms with Gasteiger partial charge in [0.2, 0.25) is 0 Å². The van der Waals surface area contributed by atoms with Gasteiger partial charge >= 0.3 is 0 Å². The summed E-state index contributed by atoms with van der Waals surface area (Å²) in [5.74, 6) is 1.00. The number of hydrogen-bond donors (Lipinski definition) is 1. The minimum Gasteiger partial charge on any atom is -0.383 e. The van der Waals surface area contributed by atoms with Crippen LogP contribution in [0.1, 0.15) is 45.4 Å². The van der Waals surface area contributed by atoms with Crippen molar-refractivity contribution < 1.29 is 4.74 Å². The first-order valence-electron chi connectivity index (χ1n) is 7.77. The molecule has 2 rings (SSSR count). The molecule has 1 N–H and O–H groups in total. The number of ether oxygens (including phenoxy) is 1. The maximum Gasteiger partial charge on any atom is 0.0613 e. The zero-order chi connectivity index (χ0) is 12.8. The van der Waals surface area contributed by atoms with Crippen molar-refractivity contribution in [3.63, 3.8) is 0 Å². The van der Waals surface area contributed by atoms with E-state index in [-0.39, 0.29) is 0 Å². The predicted molar refractivity (Wildman–Crippen MR) is 75.9 cm³/mol. The molecule has 3 unspecified atom stereocenters. The van der Waals surface area contributed by atoms with Gasteiger partial charge in [0.1, 0.15) is 0 Å². The third-order valence-corrected chi connectivity index (χ3v) is 4.67. The Morgan fingerprint density at radius 3 is 2.83 bits per heavy atom. The van der Waals surface area contributed by atoms with Crippen molar-refractivity contribution in [3.05, 3.63) is 0 Å². The molecule has 0 radical (unpaired) electrons. The van der Waals surface area contributed by atoms with Gasteiger partial charge in [-0.2, -0.15) is 0 Å². The third kappa shape index (κ3) is 3.94. The number of fused-ring (bicyclic) bond motifs is 1. The van der Waals surface area contributed by atoms with Gasteiger partial charge in [-0.05, 0) is 45.1 Å². The van der Waals surface area contributed by atoms with Crippen LogP contribution in [0.2, 0.25) is 0 Å². The summed E-state index contributed by atoms with van der Waals surface area (Å²) in [7, 11) is 1.77. The summed E-state index contributed by atoms with van der Waals surface area (Å²) in [5, 5.41) is 3.56. The van der Waals surface area contributed by atoms with E-state index in [1.54, 1.807) is 7.11 Å². The highest BCUT2D eigenvalue weighted by Gasteiger charge is 2.32. The van der Waals surface area contributed by atoms with Crippen molar-refractivity contribution in [1.29, 1.82) is 0 Å². The smallest absolute Gasteiger partial charge is 0.0613 e. The van der Waals surface area contributed by atoms with E-state index in [4.69, 9.17) is 4.74 Å². The molecular formula is C15H30N2O. The van der Waals surface area contributed by atoms with Crippen molar-refractivity contribution >= 4 is 0 Å². The average Bonchev–Trinajstić information content (AvgIpc) is 2.39. The molecule has 1 aliphatic carbocycles. The number of piperidine rings is 1. The lowest BCUT2D eigenvalue weighted by Crippen LogP contribution is -2.49. The Kier molecular flexibility index (Phi) is 5.93. The number of likely N-dealkylation sites (tertiary alicyclic amines) is 1. The molecule has 3 heteroatoms. The van der Waals surface area contributed by atoms with Gasteiger partial charge in [-0.25, -0.2) is 0 Å². The molecule has 18 heavy (non-hydrogen) atoms. The Morgan fingerprint density at radius 1 is 1.22 bits per heavy atom. The molecule has 1 saturated carbocycles. The van der Waals surface area contributed by atoms with Gasteiger partial charge in [-0.15, -0.1) is 0 Å². The molecular weight excluding hydrogens is 224 g/mol. The van der Waals surface area contributed by atoms with Crippen LogP contribution in [0.25, 0.3) is 0 Å². The predicted octanol–water partition coefficient (Wildman–Crippen LogP) is 2.27. The van der Waals surface area contributed by atoms with Crippen LogP contribution in [-0.4, -0.2) is 50.3 Å². The summed E-state index contributed by atoms with van der Waals surface area (Å²) in [5.41, 5.74) is 0. The summed E-state index contributed by atoms with van der Waals surface area (Å²) < 4.78 is 5.16. The summed E-state index contributed by atoms with van der Waals surface area (Å²) >= 11 is 0. The lowest BCUT2D eigenvalue weighted by atomic mass is 9.78. The molecule has 3 nitrogen and oxygen atoms in total. The van der Waals surface area contributed by atoms with Crippen molar-refractivity contribution in [2.75, 3.05) is 33.4 Å². The minimum absolute atomic E-state index is 0.474. The number of hydrogen-bond acceptors (Lipinski definition) is 3. The summed E-state index contributed by atoms with van der Waals surface area (Å²) in [6.45, 7) is 6.65. The van der Waals surface area contributed by atoms with Gasteiger partial charge in [0, 0.05) is 32.3 Å². The Labute approximate surface area is 112 Å². The van der Waals surface area contributed by atoms with Gasteiger partial charge < -0.3 is 10.1 Å². The minimum atomic E-state index is 0.474. The first-order valence-corrected chi connectivity index (χ1v) is 7.77. The lowest BCUT2D eigenvalue weighted by Gasteiger charge is -2.44. The highest BCUT2D eigenvalue weighted by Crippen LogP contribution is 2.34. The fourth-order valence-electron chi connectivity index (χ4n) is 3.77. The quantitative estimate of drug-likeness (QED) is 0.787. The van der Waals surface area contributed by atoms with Gasteiger partial charge in [0.15, 0.2) is 0 Å². The topological polar surface area (TPSA) is 24.5 Å². The second-order valence-electron chi connectivity index (χ2n) is 6.10. The highest BCUT2D eigenvalue weighted by molar-refractivity contribution is 4.87. The largest absolute Gasteiger partial charge is 0.383 e. The van der Waals surface area contributed by atoms with E-state index < -0.39 is 0 Å². The van der Waals surface area contributed by atoms with E-state index in [1.165, 1.54) is 51.6 Å². The summed E-state index contributed by atoms with van der Waals surface area (Å²) in [6.07, 6.45) is 8.74. The molecule has 0 bridgehead atoms. The Balaban J connectivity index is 1.70. The van der Waals surface area contributed by atoms with E-state index in [0.29, 0.717) is 6.04 Å². The van der Waals surface area contributed by atoms with Gasteiger partial charge in [0.25, 0.3) is 0 Å². The van der Waals surface area contributed by atoms with Crippen LogP contribution in [0, 0.1) is 5.92 Å². The number of nitrogens with zero attached hydrogens (tertiary/aromatic N) is 1. The summed E-state index contributed by atoms with van der Waals surface area (Å²) in [6, 6.07) is 1.37. The molecule has 0 aromatic rings. The van der Waals surface area contributed by atoms with E-state index in [1.807, 2.05) is 0 Å². The monoisotopic (exact) mass is 254 g/mol. The molecule has 2 fully saturated rings. The first kappa shape index (κ1) is 14.3. The molecule has 1 aliphatic heterocycles. The second-order valence-corrected chi connectivity index (χ2v) is 6.10. The van der Waals surface area contributed by atoms with Crippen molar-refractivity contribution in [1.82, 2.24) is 10.2 Å². The van der Waals surface area contributed by atoms with Crippen LogP contribution in [0.3, 0.4) is 0 Å². The van der Waals surface area contributed by atoms with Crippen LogP contribution in [-0.2, 0) is 4.74 Å². The zero-order valence-electron chi connectivity index (χ0n) is 12.2. The fourth-order valence-corrected chi connectivity index (χ4v) is 3.77. The molecule has 106 valence electrons. The maximum absolute atomic E-state index is 5.16. The molecule has 0 aromatic carbocycles. The molecule has 3 atom stereocenters. The zero-order valence-corrected chi connectivity index (χ0v) is 12.2. The SMILES string of the molecule is COCC(C)NCCN1CCCC2CCCCC21. The Morgan fingerprint density at radius 2 is 2.00 bits per heavy atom. The van der Waals surface area contributed by atoms with Crippen molar-refractivity contribution in [2.24, 2.45) is 5.92 Å². The molecule has 0 aromatic heterocycles. The number of nitrogens with one attached hydrogen (secondary N) is 1. The fraction of sp³-hybridized carbons (Fsp3) is 1.00. The van der Waals surface area contributed by atoms with Crippen LogP contribution in [0.4, 0.5) is 0 Å². The van der Waals surface area contributed by atoms with E-state index in [2.05, 4.69) is 17.1 Å². The number of rotatable bonds is 6. The highest BCUT2D eigenvalue weighted by atomic mass is 16.5. The molecule has 1 saturated heterocycles. The van der Waals surface area contributed by atoms with Crippen molar-refractivity contribution in [3.8, 4) is 0 Å². The Hall–Kier alpha value is -0.120. The normalized spacial score (nSPS) is 31.0. The van der Waals surface area contributed by atoms with Crippen LogP contribution in [0.5, 0.6) is 0 Å². The van der Waals surface area contributed by atoms with Gasteiger partial charge in [0.05, 0.1) is 6.61 Å². The van der Waals surface area contributed by atoms with Crippen LogP contribution in [0.15, 0.2) is 0 Å².